The van der Waals surface area contributed by atoms with Crippen LogP contribution in [-0.4, -0.2) is 25.0 Å². The Kier molecular flexibility index (Phi) is 2.53. The lowest BCUT2D eigenvalue weighted by Crippen LogP contribution is -1.97. The summed E-state index contributed by atoms with van der Waals surface area (Å²) in [6.45, 7) is 2.03. The van der Waals surface area contributed by atoms with Crippen molar-refractivity contribution in [3.8, 4) is 11.6 Å². The first-order valence-corrected chi connectivity index (χ1v) is 6.52. The van der Waals surface area contributed by atoms with E-state index in [1.807, 2.05) is 55.5 Å². The lowest BCUT2D eigenvalue weighted by molar-refractivity contribution is 0.469. The second-order valence-corrected chi connectivity index (χ2v) is 4.74. The Morgan fingerprint density at radius 1 is 1.00 bits per heavy atom. The maximum Gasteiger partial charge on any atom is 0.277 e. The van der Waals surface area contributed by atoms with Gasteiger partial charge in [-0.2, -0.15) is 9.50 Å². The van der Waals surface area contributed by atoms with E-state index in [4.69, 9.17) is 4.74 Å². The standard InChI is InChI=1S/C15H11N5O/c1-10-6-8-11(9-7-10)21-14-12-4-2-3-5-13(12)20-15(16-14)17-18-19-20/h2-9H,1H3. The highest BCUT2D eigenvalue weighted by molar-refractivity contribution is 5.85. The van der Waals surface area contributed by atoms with Crippen LogP contribution in [0.1, 0.15) is 5.56 Å². The number of tetrazole rings is 1. The average Bonchev–Trinajstić information content (AvgIpc) is 2.98. The molecule has 0 bridgehead atoms. The predicted molar refractivity (Wildman–Crippen MR) is 77.3 cm³/mol. The number of fused-ring (bicyclic) bond motifs is 3. The highest BCUT2D eigenvalue weighted by atomic mass is 16.5. The second kappa shape index (κ2) is 4.52. The van der Waals surface area contributed by atoms with E-state index in [2.05, 4.69) is 20.5 Å². The molecule has 0 saturated carbocycles. The molecule has 0 unspecified atom stereocenters. The van der Waals surface area contributed by atoms with E-state index in [1.165, 1.54) is 5.56 Å². The van der Waals surface area contributed by atoms with Crippen LogP contribution in [0.2, 0.25) is 0 Å². The van der Waals surface area contributed by atoms with Crippen molar-refractivity contribution in [3.63, 3.8) is 0 Å². The van der Waals surface area contributed by atoms with Crippen molar-refractivity contribution in [2.24, 2.45) is 0 Å². The molecule has 0 saturated heterocycles. The van der Waals surface area contributed by atoms with Crippen LogP contribution in [0.5, 0.6) is 11.6 Å². The minimum atomic E-state index is 0.413. The molecule has 6 nitrogen and oxygen atoms in total. The molecule has 6 heteroatoms. The van der Waals surface area contributed by atoms with Gasteiger partial charge in [0.1, 0.15) is 5.75 Å². The molecule has 0 aliphatic rings. The quantitative estimate of drug-likeness (QED) is 0.563. The van der Waals surface area contributed by atoms with Crippen LogP contribution in [0.15, 0.2) is 48.5 Å². The van der Waals surface area contributed by atoms with E-state index in [9.17, 15) is 0 Å². The van der Waals surface area contributed by atoms with Crippen LogP contribution in [-0.2, 0) is 0 Å². The third kappa shape index (κ3) is 1.97. The predicted octanol–water partition coefficient (Wildman–Crippen LogP) is 2.77. The van der Waals surface area contributed by atoms with Crippen molar-refractivity contribution in [3.05, 3.63) is 54.1 Å². The first-order chi connectivity index (χ1) is 10.3. The number of nitrogens with zero attached hydrogens (tertiary/aromatic N) is 5. The van der Waals surface area contributed by atoms with E-state index < -0.39 is 0 Å². The van der Waals surface area contributed by atoms with Crippen molar-refractivity contribution in [1.82, 2.24) is 25.0 Å². The van der Waals surface area contributed by atoms with Crippen molar-refractivity contribution >= 4 is 16.7 Å². The van der Waals surface area contributed by atoms with Crippen molar-refractivity contribution in [2.45, 2.75) is 6.92 Å². The van der Waals surface area contributed by atoms with Gasteiger partial charge in [-0.05, 0) is 41.6 Å². The maximum atomic E-state index is 5.90. The normalized spacial score (nSPS) is 11.1. The number of benzene rings is 2. The van der Waals surface area contributed by atoms with Gasteiger partial charge in [0.15, 0.2) is 0 Å². The summed E-state index contributed by atoms with van der Waals surface area (Å²) in [7, 11) is 0. The average molecular weight is 277 g/mol. The first-order valence-electron chi connectivity index (χ1n) is 6.52. The van der Waals surface area contributed by atoms with Crippen molar-refractivity contribution < 1.29 is 4.74 Å². The summed E-state index contributed by atoms with van der Waals surface area (Å²) in [5.74, 6) is 1.64. The molecule has 4 rings (SSSR count). The fraction of sp³-hybridized carbons (Fsp3) is 0.0667. The zero-order chi connectivity index (χ0) is 14.2. The number of rotatable bonds is 2. The maximum absolute atomic E-state index is 5.90. The zero-order valence-corrected chi connectivity index (χ0v) is 11.3. The van der Waals surface area contributed by atoms with Crippen LogP contribution >= 0.6 is 0 Å². The molecule has 0 aliphatic carbocycles. The molecule has 0 radical (unpaired) electrons. The summed E-state index contributed by atoms with van der Waals surface area (Å²) in [5, 5.41) is 12.4. The van der Waals surface area contributed by atoms with Crippen molar-refractivity contribution in [1.29, 1.82) is 0 Å². The van der Waals surface area contributed by atoms with Gasteiger partial charge in [0.2, 0.25) is 5.88 Å². The third-order valence-corrected chi connectivity index (χ3v) is 3.25. The zero-order valence-electron chi connectivity index (χ0n) is 11.3. The van der Waals surface area contributed by atoms with E-state index in [0.717, 1.165) is 16.7 Å². The molecule has 0 fully saturated rings. The first kappa shape index (κ1) is 11.8. The van der Waals surface area contributed by atoms with Gasteiger partial charge in [0.25, 0.3) is 5.78 Å². The number of hydrogen-bond acceptors (Lipinski definition) is 5. The molecule has 0 aliphatic heterocycles. The fourth-order valence-corrected chi connectivity index (χ4v) is 2.19. The highest BCUT2D eigenvalue weighted by Crippen LogP contribution is 2.28. The Morgan fingerprint density at radius 3 is 2.67 bits per heavy atom. The van der Waals surface area contributed by atoms with Gasteiger partial charge in [0.05, 0.1) is 10.9 Å². The molecule has 4 aromatic rings. The molecule has 2 aromatic heterocycles. The number of hydrogen-bond donors (Lipinski definition) is 0. The van der Waals surface area contributed by atoms with Crippen LogP contribution in [0.3, 0.4) is 0 Å². The molecular weight excluding hydrogens is 266 g/mol. The molecule has 2 heterocycles. The van der Waals surface area contributed by atoms with Crippen LogP contribution in [0, 0.1) is 6.92 Å². The van der Waals surface area contributed by atoms with E-state index in [-0.39, 0.29) is 0 Å². The van der Waals surface area contributed by atoms with Gasteiger partial charge in [-0.15, -0.1) is 0 Å². The topological polar surface area (TPSA) is 65.2 Å². The molecule has 0 amide bonds. The summed E-state index contributed by atoms with van der Waals surface area (Å²) < 4.78 is 7.50. The number of aromatic nitrogens is 5. The summed E-state index contributed by atoms with van der Waals surface area (Å²) >= 11 is 0. The lowest BCUT2D eigenvalue weighted by Gasteiger charge is -2.08. The fourth-order valence-electron chi connectivity index (χ4n) is 2.19. The summed E-state index contributed by atoms with van der Waals surface area (Å²) in [4.78, 5) is 4.39. The van der Waals surface area contributed by atoms with E-state index >= 15 is 0 Å². The molecular formula is C15H11N5O. The van der Waals surface area contributed by atoms with Gasteiger partial charge in [-0.1, -0.05) is 34.9 Å². The molecule has 0 spiro atoms. The largest absolute Gasteiger partial charge is 0.438 e. The van der Waals surface area contributed by atoms with Gasteiger partial charge in [-0.3, -0.25) is 0 Å². The monoisotopic (exact) mass is 277 g/mol. The van der Waals surface area contributed by atoms with Crippen LogP contribution in [0.25, 0.3) is 16.7 Å². The second-order valence-electron chi connectivity index (χ2n) is 4.74. The Bertz CT molecular complexity index is 930. The summed E-state index contributed by atoms with van der Waals surface area (Å²) in [5.41, 5.74) is 2.03. The summed E-state index contributed by atoms with van der Waals surface area (Å²) in [6.07, 6.45) is 0. The third-order valence-electron chi connectivity index (χ3n) is 3.25. The minimum Gasteiger partial charge on any atom is -0.438 e. The van der Waals surface area contributed by atoms with E-state index in [1.54, 1.807) is 4.52 Å². The molecule has 2 aromatic carbocycles. The number of ether oxygens (including phenoxy) is 1. The number of para-hydroxylation sites is 1. The molecule has 102 valence electrons. The molecule has 0 N–H and O–H groups in total. The SMILES string of the molecule is Cc1ccc(Oc2nc3nnnn3c3ccccc23)cc1. The minimum absolute atomic E-state index is 0.413. The Balaban J connectivity index is 1.91. The lowest BCUT2D eigenvalue weighted by atomic mass is 10.2. The Hall–Kier alpha value is -3.02. The van der Waals surface area contributed by atoms with Gasteiger partial charge in [0, 0.05) is 0 Å². The van der Waals surface area contributed by atoms with Crippen LogP contribution < -0.4 is 4.74 Å². The van der Waals surface area contributed by atoms with E-state index in [0.29, 0.717) is 11.7 Å². The highest BCUT2D eigenvalue weighted by Gasteiger charge is 2.11. The smallest absolute Gasteiger partial charge is 0.277 e. The Labute approximate surface area is 120 Å². The van der Waals surface area contributed by atoms with Gasteiger partial charge < -0.3 is 4.74 Å². The Morgan fingerprint density at radius 2 is 1.81 bits per heavy atom. The number of aryl methyl sites for hydroxylation is 1. The summed E-state index contributed by atoms with van der Waals surface area (Å²) in [6, 6.07) is 15.6. The molecule has 21 heavy (non-hydrogen) atoms. The van der Waals surface area contributed by atoms with Crippen molar-refractivity contribution in [2.75, 3.05) is 0 Å². The molecule has 0 atom stereocenters. The van der Waals surface area contributed by atoms with Gasteiger partial charge in [-0.25, -0.2) is 0 Å². The van der Waals surface area contributed by atoms with Crippen LogP contribution in [0.4, 0.5) is 0 Å². The van der Waals surface area contributed by atoms with Gasteiger partial charge >= 0.3 is 0 Å².